The van der Waals surface area contributed by atoms with Crippen molar-refractivity contribution in [2.75, 3.05) is 33.0 Å². The van der Waals surface area contributed by atoms with Crippen molar-refractivity contribution in [3.63, 3.8) is 0 Å². The lowest BCUT2D eigenvalue weighted by molar-refractivity contribution is -0.131. The number of carbonyl (C=O) groups is 1. The second-order valence-electron chi connectivity index (χ2n) is 4.04. The molecule has 16 heavy (non-hydrogen) atoms. The molecule has 0 aromatic heterocycles. The van der Waals surface area contributed by atoms with Gasteiger partial charge in [0.1, 0.15) is 6.10 Å². The number of nitrogens with one attached hydrogen (secondary N) is 1. The first kappa shape index (κ1) is 13.4. The van der Waals surface area contributed by atoms with E-state index >= 15 is 0 Å². The molecule has 0 radical (unpaired) electrons. The zero-order valence-corrected chi connectivity index (χ0v) is 9.78. The number of aliphatic hydroxyl groups is 1. The molecule has 2 unspecified atom stereocenters. The largest absolute Gasteiger partial charge is 0.394 e. The summed E-state index contributed by atoms with van der Waals surface area (Å²) in [5, 5.41) is 11.3. The summed E-state index contributed by atoms with van der Waals surface area (Å²) >= 11 is 0. The highest BCUT2D eigenvalue weighted by Crippen LogP contribution is 2.19. The fourth-order valence-corrected chi connectivity index (χ4v) is 1.68. The lowest BCUT2D eigenvalue weighted by Crippen LogP contribution is -2.37. The first-order chi connectivity index (χ1) is 7.75. The molecule has 1 aliphatic heterocycles. The lowest BCUT2D eigenvalue weighted by atomic mass is 10.0. The van der Waals surface area contributed by atoms with E-state index in [1.165, 1.54) is 0 Å². The van der Waals surface area contributed by atoms with Crippen LogP contribution in [0.5, 0.6) is 0 Å². The van der Waals surface area contributed by atoms with E-state index < -0.39 is 0 Å². The Kier molecular flexibility index (Phi) is 6.37. The molecule has 1 rings (SSSR count). The molecule has 1 amide bonds. The van der Waals surface area contributed by atoms with Crippen molar-refractivity contribution in [3.05, 3.63) is 0 Å². The summed E-state index contributed by atoms with van der Waals surface area (Å²) in [6.45, 7) is 4.26. The smallest absolute Gasteiger partial charge is 0.249 e. The maximum absolute atomic E-state index is 11.6. The maximum atomic E-state index is 11.6. The van der Waals surface area contributed by atoms with Gasteiger partial charge in [-0.15, -0.1) is 0 Å². The van der Waals surface area contributed by atoms with Crippen molar-refractivity contribution < 1.29 is 19.4 Å². The van der Waals surface area contributed by atoms with E-state index in [2.05, 4.69) is 5.32 Å². The third-order valence-corrected chi connectivity index (χ3v) is 2.65. The fourth-order valence-electron chi connectivity index (χ4n) is 1.68. The summed E-state index contributed by atoms with van der Waals surface area (Å²) in [6, 6.07) is 0. The predicted octanol–water partition coefficient (Wildman–Crippen LogP) is -0.0734. The Hall–Kier alpha value is -0.650. The van der Waals surface area contributed by atoms with Gasteiger partial charge < -0.3 is 19.9 Å². The van der Waals surface area contributed by atoms with Gasteiger partial charge in [0.25, 0.3) is 0 Å². The third kappa shape index (κ3) is 4.47. The summed E-state index contributed by atoms with van der Waals surface area (Å²) in [7, 11) is 0. The first-order valence-corrected chi connectivity index (χ1v) is 5.83. The van der Waals surface area contributed by atoms with Crippen LogP contribution in [0.15, 0.2) is 0 Å². The molecule has 0 bridgehead atoms. The highest BCUT2D eigenvalue weighted by atomic mass is 16.5. The van der Waals surface area contributed by atoms with Gasteiger partial charge in [0.2, 0.25) is 5.91 Å². The molecule has 0 aliphatic carbocycles. The molecule has 5 heteroatoms. The molecule has 1 aliphatic rings. The van der Waals surface area contributed by atoms with Crippen LogP contribution in [0.2, 0.25) is 0 Å². The maximum Gasteiger partial charge on any atom is 0.249 e. The van der Waals surface area contributed by atoms with E-state index in [1.54, 1.807) is 0 Å². The molecule has 94 valence electrons. The quantitative estimate of drug-likeness (QED) is 0.602. The van der Waals surface area contributed by atoms with Crippen LogP contribution < -0.4 is 5.32 Å². The van der Waals surface area contributed by atoms with Crippen LogP contribution in [0.25, 0.3) is 0 Å². The number of aliphatic hydroxyl groups excluding tert-OH is 1. The molecule has 1 fully saturated rings. The minimum absolute atomic E-state index is 0.0211. The Morgan fingerprint density at radius 2 is 2.38 bits per heavy atom. The molecule has 1 heterocycles. The van der Waals surface area contributed by atoms with Gasteiger partial charge >= 0.3 is 0 Å². The number of hydrogen-bond acceptors (Lipinski definition) is 4. The van der Waals surface area contributed by atoms with Crippen LogP contribution in [0.1, 0.15) is 19.8 Å². The van der Waals surface area contributed by atoms with Crippen LogP contribution in [0.4, 0.5) is 0 Å². The number of ether oxygens (including phenoxy) is 2. The molecule has 0 aromatic rings. The second kappa shape index (κ2) is 7.60. The molecular weight excluding hydrogens is 210 g/mol. The van der Waals surface area contributed by atoms with Crippen molar-refractivity contribution in [1.29, 1.82) is 0 Å². The minimum atomic E-state index is -0.279. The lowest BCUT2D eigenvalue weighted by Gasteiger charge is -2.14. The van der Waals surface area contributed by atoms with Gasteiger partial charge in [-0.05, 0) is 18.8 Å². The molecular formula is C11H21NO4. The third-order valence-electron chi connectivity index (χ3n) is 2.65. The standard InChI is InChI=1S/C11H21NO4/c1-9-3-7-16-10(9)11(14)12-4-2-6-15-8-5-13/h9-10,13H,2-8H2,1H3,(H,12,14). The van der Waals surface area contributed by atoms with Crippen LogP contribution in [0, 0.1) is 5.92 Å². The predicted molar refractivity (Wildman–Crippen MR) is 59.1 cm³/mol. The topological polar surface area (TPSA) is 67.8 Å². The van der Waals surface area contributed by atoms with Crippen LogP contribution in [-0.4, -0.2) is 50.1 Å². The molecule has 2 N–H and O–H groups in total. The molecule has 1 saturated heterocycles. The average molecular weight is 231 g/mol. The second-order valence-corrected chi connectivity index (χ2v) is 4.04. The monoisotopic (exact) mass is 231 g/mol. The summed E-state index contributed by atoms with van der Waals surface area (Å²) in [5.74, 6) is 0.290. The van der Waals surface area contributed by atoms with Crippen LogP contribution in [0.3, 0.4) is 0 Å². The normalized spacial score (nSPS) is 24.6. The number of amides is 1. The van der Waals surface area contributed by atoms with E-state index in [4.69, 9.17) is 14.6 Å². The van der Waals surface area contributed by atoms with Gasteiger partial charge in [0.15, 0.2) is 0 Å². The Morgan fingerprint density at radius 1 is 1.56 bits per heavy atom. The summed E-state index contributed by atoms with van der Waals surface area (Å²) in [4.78, 5) is 11.6. The average Bonchev–Trinajstić information content (AvgIpc) is 2.69. The van der Waals surface area contributed by atoms with Gasteiger partial charge in [-0.2, -0.15) is 0 Å². The molecule has 5 nitrogen and oxygen atoms in total. The SMILES string of the molecule is CC1CCOC1C(=O)NCCCOCCO. The molecule has 2 atom stereocenters. The minimum Gasteiger partial charge on any atom is -0.394 e. The highest BCUT2D eigenvalue weighted by molar-refractivity contribution is 5.81. The van der Waals surface area contributed by atoms with Crippen molar-refractivity contribution in [2.24, 2.45) is 5.92 Å². The van der Waals surface area contributed by atoms with Gasteiger partial charge in [-0.1, -0.05) is 6.92 Å². The van der Waals surface area contributed by atoms with Crippen LogP contribution in [-0.2, 0) is 14.3 Å². The number of carbonyl (C=O) groups excluding carboxylic acids is 1. The van der Waals surface area contributed by atoms with E-state index in [9.17, 15) is 4.79 Å². The highest BCUT2D eigenvalue weighted by Gasteiger charge is 2.30. The number of hydrogen-bond donors (Lipinski definition) is 2. The van der Waals surface area contributed by atoms with Crippen molar-refractivity contribution >= 4 is 5.91 Å². The van der Waals surface area contributed by atoms with Crippen LogP contribution >= 0.6 is 0 Å². The fraction of sp³-hybridized carbons (Fsp3) is 0.909. The van der Waals surface area contributed by atoms with E-state index in [-0.39, 0.29) is 18.6 Å². The van der Waals surface area contributed by atoms with Crippen molar-refractivity contribution in [2.45, 2.75) is 25.9 Å². The van der Waals surface area contributed by atoms with Crippen molar-refractivity contribution in [1.82, 2.24) is 5.32 Å². The van der Waals surface area contributed by atoms with Gasteiger partial charge in [0.05, 0.1) is 13.2 Å². The Balaban J connectivity index is 2.02. The number of rotatable bonds is 7. The zero-order valence-electron chi connectivity index (χ0n) is 9.78. The van der Waals surface area contributed by atoms with E-state index in [1.807, 2.05) is 6.92 Å². The summed E-state index contributed by atoms with van der Waals surface area (Å²) in [6.07, 6.45) is 1.43. The van der Waals surface area contributed by atoms with Crippen molar-refractivity contribution in [3.8, 4) is 0 Å². The molecule has 0 saturated carbocycles. The molecule has 0 aromatic carbocycles. The zero-order chi connectivity index (χ0) is 11.8. The molecule has 0 spiro atoms. The van der Waals surface area contributed by atoms with Gasteiger partial charge in [0, 0.05) is 19.8 Å². The van der Waals surface area contributed by atoms with Gasteiger partial charge in [-0.3, -0.25) is 4.79 Å². The Bertz CT molecular complexity index is 210. The summed E-state index contributed by atoms with van der Waals surface area (Å²) < 4.78 is 10.4. The Morgan fingerprint density at radius 3 is 3.00 bits per heavy atom. The van der Waals surface area contributed by atoms with Gasteiger partial charge in [-0.25, -0.2) is 0 Å². The first-order valence-electron chi connectivity index (χ1n) is 5.83. The van der Waals surface area contributed by atoms with E-state index in [0.29, 0.717) is 32.3 Å². The summed E-state index contributed by atoms with van der Waals surface area (Å²) in [5.41, 5.74) is 0. The Labute approximate surface area is 96.1 Å². The van der Waals surface area contributed by atoms with E-state index in [0.717, 1.165) is 12.8 Å².